The van der Waals surface area contributed by atoms with E-state index in [4.69, 9.17) is 9.15 Å². The van der Waals surface area contributed by atoms with Crippen molar-refractivity contribution in [1.29, 1.82) is 0 Å². The normalized spacial score (nSPS) is 11.1. The van der Waals surface area contributed by atoms with Crippen LogP contribution in [0.5, 0.6) is 0 Å². The summed E-state index contributed by atoms with van der Waals surface area (Å²) in [7, 11) is 0. The number of nitrogens with zero attached hydrogens (tertiary/aromatic N) is 3. The highest BCUT2D eigenvalue weighted by Gasteiger charge is 2.14. The zero-order valence-corrected chi connectivity index (χ0v) is 15.6. The molecule has 1 aromatic carbocycles. The molecule has 0 spiro atoms. The molecule has 6 nitrogen and oxygen atoms in total. The summed E-state index contributed by atoms with van der Waals surface area (Å²) in [6, 6.07) is 7.07. The molecule has 8 heteroatoms. The van der Waals surface area contributed by atoms with Gasteiger partial charge in [0, 0.05) is 24.9 Å². The van der Waals surface area contributed by atoms with E-state index in [1.807, 2.05) is 35.9 Å². The molecule has 0 saturated heterocycles. The first-order chi connectivity index (χ1) is 14.0. The van der Waals surface area contributed by atoms with Crippen molar-refractivity contribution in [3.63, 3.8) is 0 Å². The minimum Gasteiger partial charge on any atom is -0.459 e. The van der Waals surface area contributed by atoms with Crippen molar-refractivity contribution in [2.45, 2.75) is 26.4 Å². The van der Waals surface area contributed by atoms with Crippen LogP contribution in [0, 0.1) is 18.6 Å². The van der Waals surface area contributed by atoms with E-state index in [2.05, 4.69) is 9.97 Å². The predicted molar refractivity (Wildman–Crippen MR) is 99.9 cm³/mol. The van der Waals surface area contributed by atoms with Crippen LogP contribution in [0.4, 0.5) is 8.78 Å². The average molecular weight is 397 g/mol. The molecular weight excluding hydrogens is 380 g/mol. The first-order valence-electron chi connectivity index (χ1n) is 8.98. The molecule has 0 radical (unpaired) electrons. The lowest BCUT2D eigenvalue weighted by Gasteiger charge is -2.01. The first kappa shape index (κ1) is 18.8. The largest absolute Gasteiger partial charge is 0.459 e. The summed E-state index contributed by atoms with van der Waals surface area (Å²) in [6.45, 7) is 2.03. The molecule has 0 bridgehead atoms. The molecule has 3 heterocycles. The minimum atomic E-state index is -0.741. The maximum atomic E-state index is 13.8. The van der Waals surface area contributed by atoms with Gasteiger partial charge in [-0.2, -0.15) is 0 Å². The molecule has 0 atom stereocenters. The molecule has 0 aliphatic heterocycles. The van der Waals surface area contributed by atoms with Crippen LogP contribution < -0.4 is 0 Å². The van der Waals surface area contributed by atoms with Gasteiger partial charge in [-0.1, -0.05) is 6.07 Å². The monoisotopic (exact) mass is 397 g/mol. The van der Waals surface area contributed by atoms with Crippen LogP contribution >= 0.6 is 0 Å². The van der Waals surface area contributed by atoms with Crippen LogP contribution in [-0.2, 0) is 22.6 Å². The highest BCUT2D eigenvalue weighted by molar-refractivity contribution is 5.69. The van der Waals surface area contributed by atoms with Crippen LogP contribution in [0.3, 0.4) is 0 Å². The van der Waals surface area contributed by atoms with Gasteiger partial charge in [0.2, 0.25) is 0 Å². The molecule has 0 N–H and O–H groups in total. The minimum absolute atomic E-state index is 0.0538. The Hall–Kier alpha value is -3.55. The predicted octanol–water partition coefficient (Wildman–Crippen LogP) is 4.25. The maximum absolute atomic E-state index is 13.8. The number of ether oxygens (including phenoxy) is 1. The van der Waals surface area contributed by atoms with Crippen molar-refractivity contribution in [3.05, 3.63) is 77.7 Å². The van der Waals surface area contributed by atoms with Gasteiger partial charge in [-0.05, 0) is 30.7 Å². The molecule has 4 aromatic rings. The number of esters is 1. The summed E-state index contributed by atoms with van der Waals surface area (Å²) in [4.78, 5) is 20.5. The Morgan fingerprint density at radius 1 is 1.28 bits per heavy atom. The molecule has 3 aromatic heterocycles. The van der Waals surface area contributed by atoms with E-state index in [-0.39, 0.29) is 36.7 Å². The zero-order chi connectivity index (χ0) is 20.4. The Morgan fingerprint density at radius 3 is 2.93 bits per heavy atom. The Kier molecular flexibility index (Phi) is 5.07. The van der Waals surface area contributed by atoms with E-state index in [1.165, 1.54) is 12.3 Å². The summed E-state index contributed by atoms with van der Waals surface area (Å²) in [5, 5.41) is 0. The number of hydrogen-bond acceptors (Lipinski definition) is 5. The zero-order valence-electron chi connectivity index (χ0n) is 15.6. The number of pyridine rings is 1. The first-order valence-corrected chi connectivity index (χ1v) is 8.98. The van der Waals surface area contributed by atoms with Gasteiger partial charge in [0.05, 0.1) is 23.9 Å². The number of carbonyl (C=O) groups is 1. The number of oxazole rings is 1. The number of rotatable bonds is 6. The topological polar surface area (TPSA) is 69.6 Å². The molecule has 0 unspecified atom stereocenters. The van der Waals surface area contributed by atoms with Gasteiger partial charge in [-0.3, -0.25) is 4.79 Å². The van der Waals surface area contributed by atoms with Crippen molar-refractivity contribution in [3.8, 4) is 11.3 Å². The molecule has 0 aliphatic carbocycles. The van der Waals surface area contributed by atoms with Gasteiger partial charge in [0.15, 0.2) is 11.7 Å². The number of hydrogen-bond donors (Lipinski definition) is 0. The molecule has 148 valence electrons. The fraction of sp³-hybridized carbons (Fsp3) is 0.190. The summed E-state index contributed by atoms with van der Waals surface area (Å²) in [6.07, 6.45) is 5.29. The van der Waals surface area contributed by atoms with Crippen LogP contribution in [-0.4, -0.2) is 20.3 Å². The van der Waals surface area contributed by atoms with E-state index in [1.54, 1.807) is 0 Å². The molecule has 29 heavy (non-hydrogen) atoms. The highest BCUT2D eigenvalue weighted by atomic mass is 19.1. The number of imidazole rings is 1. The second kappa shape index (κ2) is 7.83. The summed E-state index contributed by atoms with van der Waals surface area (Å²) < 4.78 is 39.4. The van der Waals surface area contributed by atoms with Gasteiger partial charge < -0.3 is 13.6 Å². The van der Waals surface area contributed by atoms with Gasteiger partial charge >= 0.3 is 5.97 Å². The third kappa shape index (κ3) is 4.16. The number of benzene rings is 1. The Morgan fingerprint density at radius 2 is 2.14 bits per heavy atom. The molecule has 0 aliphatic rings. The molecule has 0 fully saturated rings. The smallest absolute Gasteiger partial charge is 0.306 e. The summed E-state index contributed by atoms with van der Waals surface area (Å²) >= 11 is 0. The lowest BCUT2D eigenvalue weighted by molar-refractivity contribution is -0.145. The van der Waals surface area contributed by atoms with Crippen molar-refractivity contribution in [1.82, 2.24) is 14.4 Å². The lowest BCUT2D eigenvalue weighted by Crippen LogP contribution is -2.06. The second-order valence-electron chi connectivity index (χ2n) is 6.56. The van der Waals surface area contributed by atoms with Crippen molar-refractivity contribution < 1.29 is 22.7 Å². The van der Waals surface area contributed by atoms with Gasteiger partial charge in [-0.15, -0.1) is 0 Å². The lowest BCUT2D eigenvalue weighted by atomic mass is 10.2. The number of carbonyl (C=O) groups excluding carboxylic acids is 1. The SMILES string of the molecule is Cc1cccn2cc(COC(=O)CCc3ncc(-c4ccc(F)cc4F)o3)nc12. The van der Waals surface area contributed by atoms with E-state index in [0.717, 1.165) is 23.3 Å². The molecular formula is C21H17F2N3O3. The second-order valence-corrected chi connectivity index (χ2v) is 6.56. The number of fused-ring (bicyclic) bond motifs is 1. The van der Waals surface area contributed by atoms with Gasteiger partial charge in [0.1, 0.15) is 23.9 Å². The third-order valence-corrected chi connectivity index (χ3v) is 4.40. The molecule has 0 saturated carbocycles. The van der Waals surface area contributed by atoms with Crippen LogP contribution in [0.2, 0.25) is 0 Å². The Labute approximate surface area is 164 Å². The third-order valence-electron chi connectivity index (χ3n) is 4.40. The average Bonchev–Trinajstić information content (AvgIpc) is 3.32. The van der Waals surface area contributed by atoms with E-state index in [0.29, 0.717) is 5.69 Å². The van der Waals surface area contributed by atoms with Crippen LogP contribution in [0.25, 0.3) is 17.0 Å². The number of aryl methyl sites for hydroxylation is 2. The van der Waals surface area contributed by atoms with Crippen molar-refractivity contribution >= 4 is 11.6 Å². The van der Waals surface area contributed by atoms with Crippen molar-refractivity contribution in [2.24, 2.45) is 0 Å². The summed E-state index contributed by atoms with van der Waals surface area (Å²) in [5.41, 5.74) is 2.61. The van der Waals surface area contributed by atoms with E-state index < -0.39 is 17.6 Å². The van der Waals surface area contributed by atoms with E-state index in [9.17, 15) is 13.6 Å². The standard InChI is InChI=1S/C21H17F2N3O3/c1-13-3-2-8-26-11-15(25-21(13)26)12-28-20(27)7-6-19-24-10-18(29-19)16-5-4-14(22)9-17(16)23/h2-5,8-11H,6-7,12H2,1H3. The number of halogens is 2. The van der Waals surface area contributed by atoms with Crippen LogP contribution in [0.15, 0.2) is 53.3 Å². The Balaban J connectivity index is 1.32. The Bertz CT molecular complexity index is 1180. The fourth-order valence-corrected chi connectivity index (χ4v) is 2.95. The quantitative estimate of drug-likeness (QED) is 0.455. The number of aromatic nitrogens is 3. The van der Waals surface area contributed by atoms with Gasteiger partial charge in [0.25, 0.3) is 0 Å². The van der Waals surface area contributed by atoms with Crippen LogP contribution in [0.1, 0.15) is 23.6 Å². The summed E-state index contributed by atoms with van der Waals surface area (Å²) in [5.74, 6) is -1.40. The maximum Gasteiger partial charge on any atom is 0.306 e. The molecule has 0 amide bonds. The van der Waals surface area contributed by atoms with Gasteiger partial charge in [-0.25, -0.2) is 18.7 Å². The van der Waals surface area contributed by atoms with E-state index >= 15 is 0 Å². The molecule has 4 rings (SSSR count). The fourth-order valence-electron chi connectivity index (χ4n) is 2.95. The highest BCUT2D eigenvalue weighted by Crippen LogP contribution is 2.24. The van der Waals surface area contributed by atoms with Crippen molar-refractivity contribution in [2.75, 3.05) is 0 Å².